The zero-order valence-electron chi connectivity index (χ0n) is 15.1. The maximum Gasteiger partial charge on any atom is 0.316 e. The van der Waals surface area contributed by atoms with E-state index in [2.05, 4.69) is 0 Å². The zero-order valence-corrected chi connectivity index (χ0v) is 15.1. The molecule has 0 aliphatic heterocycles. The van der Waals surface area contributed by atoms with Crippen LogP contribution in [-0.4, -0.2) is 24.3 Å². The van der Waals surface area contributed by atoms with Gasteiger partial charge in [-0.1, -0.05) is 0 Å². The molecule has 0 saturated carbocycles. The monoisotopic (exact) mass is 335 g/mol. The van der Waals surface area contributed by atoms with Gasteiger partial charge in [-0.2, -0.15) is 0 Å². The Balaban J connectivity index is 3.25. The average Bonchev–Trinajstić information content (AvgIpc) is 2.45. The Labute approximate surface area is 142 Å². The predicted octanol–water partition coefficient (Wildman–Crippen LogP) is 2.73. The van der Waals surface area contributed by atoms with Gasteiger partial charge in [0.1, 0.15) is 0 Å². The summed E-state index contributed by atoms with van der Waals surface area (Å²) in [6, 6.07) is 4.27. The number of Topliss-reactive ketones (excluding diaryl/α,β-unsaturated/α-hetero) is 1. The second-order valence-corrected chi connectivity index (χ2v) is 7.57. The summed E-state index contributed by atoms with van der Waals surface area (Å²) >= 11 is 0. The van der Waals surface area contributed by atoms with Crippen LogP contribution >= 0.6 is 0 Å². The van der Waals surface area contributed by atoms with Crippen molar-refractivity contribution in [2.75, 3.05) is 6.54 Å². The number of nitrogens with two attached hydrogens (primary N) is 1. The number of ketones is 1. The lowest BCUT2D eigenvalue weighted by Gasteiger charge is -2.20. The van der Waals surface area contributed by atoms with Gasteiger partial charge in [0.2, 0.25) is 0 Å². The Morgan fingerprint density at radius 2 is 1.33 bits per heavy atom. The number of rotatable bonds is 4. The van der Waals surface area contributed by atoms with Crippen molar-refractivity contribution in [3.05, 3.63) is 23.8 Å². The van der Waals surface area contributed by atoms with Crippen molar-refractivity contribution in [3.8, 4) is 11.5 Å². The fraction of sp³-hybridized carbons (Fsp3) is 0.500. The van der Waals surface area contributed by atoms with Crippen LogP contribution in [0.2, 0.25) is 0 Å². The minimum atomic E-state index is -0.751. The van der Waals surface area contributed by atoms with Gasteiger partial charge in [0.05, 0.1) is 17.4 Å². The van der Waals surface area contributed by atoms with Crippen LogP contribution < -0.4 is 15.2 Å². The Morgan fingerprint density at radius 3 is 1.75 bits per heavy atom. The first-order valence-corrected chi connectivity index (χ1v) is 7.68. The second kappa shape index (κ2) is 7.13. The molecule has 0 unspecified atom stereocenters. The van der Waals surface area contributed by atoms with Gasteiger partial charge in [0.15, 0.2) is 17.3 Å². The molecule has 0 aliphatic carbocycles. The molecule has 0 aliphatic rings. The fourth-order valence-corrected chi connectivity index (χ4v) is 1.47. The molecule has 1 rings (SSSR count). The van der Waals surface area contributed by atoms with Crippen LogP contribution in [0.15, 0.2) is 18.2 Å². The molecule has 1 aromatic rings. The van der Waals surface area contributed by atoms with Gasteiger partial charge in [-0.25, -0.2) is 0 Å². The predicted molar refractivity (Wildman–Crippen MR) is 90.0 cm³/mol. The summed E-state index contributed by atoms with van der Waals surface area (Å²) in [6.45, 7) is 10.1. The number of hydrogen-bond acceptors (Lipinski definition) is 6. The highest BCUT2D eigenvalue weighted by Gasteiger charge is 2.28. The summed E-state index contributed by atoms with van der Waals surface area (Å²) in [6.07, 6.45) is 0. The first-order valence-electron chi connectivity index (χ1n) is 7.68. The number of carbonyl (C=O) groups excluding carboxylic acids is 3. The van der Waals surface area contributed by atoms with Gasteiger partial charge in [-0.3, -0.25) is 14.4 Å². The summed E-state index contributed by atoms with van der Waals surface area (Å²) in [5.74, 6) is -1.19. The van der Waals surface area contributed by atoms with Crippen molar-refractivity contribution in [1.29, 1.82) is 0 Å². The van der Waals surface area contributed by atoms with E-state index in [1.165, 1.54) is 18.2 Å². The van der Waals surface area contributed by atoms with E-state index in [1.807, 2.05) is 0 Å². The van der Waals surface area contributed by atoms with Gasteiger partial charge in [0, 0.05) is 5.56 Å². The van der Waals surface area contributed by atoms with E-state index in [-0.39, 0.29) is 29.4 Å². The van der Waals surface area contributed by atoms with E-state index >= 15 is 0 Å². The maximum atomic E-state index is 12.1. The fourth-order valence-electron chi connectivity index (χ4n) is 1.47. The van der Waals surface area contributed by atoms with E-state index in [4.69, 9.17) is 15.2 Å². The van der Waals surface area contributed by atoms with E-state index in [1.54, 1.807) is 41.5 Å². The highest BCUT2D eigenvalue weighted by atomic mass is 16.6. The molecule has 0 heterocycles. The number of esters is 2. The van der Waals surface area contributed by atoms with Gasteiger partial charge in [-0.15, -0.1) is 0 Å². The third kappa shape index (κ3) is 5.16. The van der Waals surface area contributed by atoms with E-state index in [0.717, 1.165) is 0 Å². The van der Waals surface area contributed by atoms with E-state index in [0.29, 0.717) is 0 Å². The SMILES string of the molecule is CC(C)(C)C(=O)Oc1ccc(C(=O)CN)cc1OC(=O)C(C)(C)C. The molecule has 6 nitrogen and oxygen atoms in total. The van der Waals surface area contributed by atoms with Crippen molar-refractivity contribution in [1.82, 2.24) is 0 Å². The largest absolute Gasteiger partial charge is 0.422 e. The van der Waals surface area contributed by atoms with Crippen LogP contribution in [0, 0.1) is 10.8 Å². The number of hydrogen-bond donors (Lipinski definition) is 1. The molecule has 6 heteroatoms. The molecule has 0 bridgehead atoms. The van der Waals surface area contributed by atoms with E-state index < -0.39 is 22.8 Å². The van der Waals surface area contributed by atoms with Crippen LogP contribution in [0.3, 0.4) is 0 Å². The average molecular weight is 335 g/mol. The molecule has 0 spiro atoms. The number of ether oxygens (including phenoxy) is 2. The van der Waals surface area contributed by atoms with Crippen LogP contribution in [0.5, 0.6) is 11.5 Å². The topological polar surface area (TPSA) is 95.7 Å². The first kappa shape index (κ1) is 19.8. The molecule has 0 fully saturated rings. The Bertz CT molecular complexity index is 650. The first-order chi connectivity index (χ1) is 10.9. The highest BCUT2D eigenvalue weighted by Crippen LogP contribution is 2.32. The lowest BCUT2D eigenvalue weighted by molar-refractivity contribution is -0.145. The van der Waals surface area contributed by atoms with Crippen LogP contribution in [0.25, 0.3) is 0 Å². The molecular formula is C18H25NO5. The molecule has 0 atom stereocenters. The zero-order chi connectivity index (χ0) is 18.7. The summed E-state index contributed by atoms with van der Waals surface area (Å²) in [7, 11) is 0. The molecule has 2 N–H and O–H groups in total. The summed E-state index contributed by atoms with van der Waals surface area (Å²) in [4.78, 5) is 36.0. The minimum absolute atomic E-state index is 0.0202. The minimum Gasteiger partial charge on any atom is -0.422 e. The lowest BCUT2D eigenvalue weighted by Crippen LogP contribution is -2.28. The lowest BCUT2D eigenvalue weighted by atomic mass is 9.97. The third-order valence-corrected chi connectivity index (χ3v) is 3.08. The number of carbonyl (C=O) groups is 3. The van der Waals surface area contributed by atoms with Gasteiger partial charge in [-0.05, 0) is 59.7 Å². The quantitative estimate of drug-likeness (QED) is 0.516. The molecular weight excluding hydrogens is 310 g/mol. The molecule has 0 aromatic heterocycles. The summed E-state index contributed by atoms with van der Waals surface area (Å²) in [5.41, 5.74) is 4.16. The standard InChI is InChI=1S/C18H25NO5/c1-17(2,3)15(21)23-13-8-7-11(12(20)10-19)9-14(13)24-16(22)18(4,5)6/h7-9H,10,19H2,1-6H3. The Morgan fingerprint density at radius 1 is 0.875 bits per heavy atom. The van der Waals surface area contributed by atoms with E-state index in [9.17, 15) is 14.4 Å². The number of benzene rings is 1. The van der Waals surface area contributed by atoms with Crippen molar-refractivity contribution in [3.63, 3.8) is 0 Å². The molecule has 0 amide bonds. The molecule has 132 valence electrons. The second-order valence-electron chi connectivity index (χ2n) is 7.57. The van der Waals surface area contributed by atoms with Crippen LogP contribution in [0.1, 0.15) is 51.9 Å². The maximum absolute atomic E-state index is 12.1. The van der Waals surface area contributed by atoms with Crippen molar-refractivity contribution in [2.45, 2.75) is 41.5 Å². The molecule has 0 saturated heterocycles. The van der Waals surface area contributed by atoms with Crippen molar-refractivity contribution in [2.24, 2.45) is 16.6 Å². The summed E-state index contributed by atoms with van der Waals surface area (Å²) < 4.78 is 10.7. The Hall–Kier alpha value is -2.21. The summed E-state index contributed by atoms with van der Waals surface area (Å²) in [5, 5.41) is 0. The van der Waals surface area contributed by atoms with Crippen molar-refractivity contribution >= 4 is 17.7 Å². The van der Waals surface area contributed by atoms with Gasteiger partial charge < -0.3 is 15.2 Å². The van der Waals surface area contributed by atoms with Crippen molar-refractivity contribution < 1.29 is 23.9 Å². The molecule has 1 aromatic carbocycles. The molecule has 0 radical (unpaired) electrons. The highest BCUT2D eigenvalue weighted by molar-refractivity contribution is 5.98. The molecule has 24 heavy (non-hydrogen) atoms. The van der Waals surface area contributed by atoms with Crippen LogP contribution in [-0.2, 0) is 9.59 Å². The normalized spacial score (nSPS) is 11.8. The third-order valence-electron chi connectivity index (χ3n) is 3.08. The van der Waals surface area contributed by atoms with Gasteiger partial charge >= 0.3 is 11.9 Å². The van der Waals surface area contributed by atoms with Crippen LogP contribution in [0.4, 0.5) is 0 Å². The Kier molecular flexibility index (Phi) is 5.89. The smallest absolute Gasteiger partial charge is 0.316 e. The van der Waals surface area contributed by atoms with Gasteiger partial charge in [0.25, 0.3) is 0 Å².